The van der Waals surface area contributed by atoms with E-state index in [0.717, 1.165) is 11.1 Å². The van der Waals surface area contributed by atoms with Crippen LogP contribution in [0.15, 0.2) is 42.5 Å². The molecule has 2 aromatic carbocycles. The lowest BCUT2D eigenvalue weighted by molar-refractivity contribution is 0.0951. The van der Waals surface area contributed by atoms with Gasteiger partial charge < -0.3 is 10.4 Å². The van der Waals surface area contributed by atoms with Gasteiger partial charge in [-0.3, -0.25) is 4.79 Å². The first-order valence-corrected chi connectivity index (χ1v) is 6.26. The van der Waals surface area contributed by atoms with Gasteiger partial charge >= 0.3 is 0 Å². The Morgan fingerprint density at radius 2 is 1.89 bits per heavy atom. The number of phenolic OH excluding ortho intramolecular Hbond substituents is 1. The second-order valence-corrected chi connectivity index (χ2v) is 4.80. The minimum absolute atomic E-state index is 0.168. The minimum atomic E-state index is -0.168. The number of carbonyl (C=O) groups excluding carboxylic acids is 1. The Labute approximate surface area is 116 Å². The maximum absolute atomic E-state index is 12.0. The Balaban J connectivity index is 2.03. The fraction of sp³-hybridized carbons (Fsp3) is 0.133. The monoisotopic (exact) mass is 275 g/mol. The zero-order valence-electron chi connectivity index (χ0n) is 10.5. The van der Waals surface area contributed by atoms with Crippen LogP contribution in [0.25, 0.3) is 0 Å². The Bertz CT molecular complexity index is 573. The number of aryl methyl sites for hydroxylation is 1. The third-order valence-electron chi connectivity index (χ3n) is 2.69. The molecule has 2 aromatic rings. The molecule has 0 unspecified atom stereocenters. The molecule has 0 atom stereocenters. The summed E-state index contributed by atoms with van der Waals surface area (Å²) >= 11 is 5.92. The van der Waals surface area contributed by atoms with Crippen LogP contribution >= 0.6 is 11.6 Å². The number of carbonyl (C=O) groups is 1. The Morgan fingerprint density at radius 1 is 1.21 bits per heavy atom. The first-order chi connectivity index (χ1) is 9.04. The fourth-order valence-corrected chi connectivity index (χ4v) is 2.06. The zero-order valence-corrected chi connectivity index (χ0v) is 11.2. The number of halogens is 1. The fourth-order valence-electron chi connectivity index (χ4n) is 1.77. The molecule has 0 aliphatic carbocycles. The SMILES string of the molecule is Cc1cc(Cl)cc(C(=O)NCc2ccc(O)cc2)c1. The summed E-state index contributed by atoms with van der Waals surface area (Å²) in [5, 5.41) is 12.5. The summed E-state index contributed by atoms with van der Waals surface area (Å²) in [6.45, 7) is 2.30. The molecule has 0 bridgehead atoms. The Morgan fingerprint density at radius 3 is 2.53 bits per heavy atom. The lowest BCUT2D eigenvalue weighted by atomic mass is 10.1. The van der Waals surface area contributed by atoms with E-state index in [1.54, 1.807) is 42.5 Å². The zero-order chi connectivity index (χ0) is 13.8. The number of benzene rings is 2. The van der Waals surface area contributed by atoms with Crippen LogP contribution in [0, 0.1) is 6.92 Å². The van der Waals surface area contributed by atoms with Gasteiger partial charge in [0, 0.05) is 17.1 Å². The summed E-state index contributed by atoms with van der Waals surface area (Å²) in [7, 11) is 0. The second-order valence-electron chi connectivity index (χ2n) is 4.37. The number of amides is 1. The molecule has 0 saturated heterocycles. The van der Waals surface area contributed by atoms with Crippen molar-refractivity contribution in [1.82, 2.24) is 5.32 Å². The number of rotatable bonds is 3. The van der Waals surface area contributed by atoms with E-state index in [0.29, 0.717) is 17.1 Å². The topological polar surface area (TPSA) is 49.3 Å². The maximum atomic E-state index is 12.0. The molecule has 3 nitrogen and oxygen atoms in total. The highest BCUT2D eigenvalue weighted by Gasteiger charge is 2.06. The van der Waals surface area contributed by atoms with Crippen molar-refractivity contribution in [3.63, 3.8) is 0 Å². The van der Waals surface area contributed by atoms with Crippen molar-refractivity contribution in [3.05, 3.63) is 64.2 Å². The second kappa shape index (κ2) is 5.76. The van der Waals surface area contributed by atoms with Crippen LogP contribution in [-0.4, -0.2) is 11.0 Å². The van der Waals surface area contributed by atoms with Crippen LogP contribution in [0.2, 0.25) is 5.02 Å². The van der Waals surface area contributed by atoms with Crippen LogP contribution in [0.3, 0.4) is 0 Å². The highest BCUT2D eigenvalue weighted by Crippen LogP contribution is 2.15. The summed E-state index contributed by atoms with van der Waals surface area (Å²) in [6, 6.07) is 11.9. The van der Waals surface area contributed by atoms with E-state index < -0.39 is 0 Å². The van der Waals surface area contributed by atoms with E-state index in [4.69, 9.17) is 11.6 Å². The van der Waals surface area contributed by atoms with Crippen LogP contribution in [0.1, 0.15) is 21.5 Å². The molecule has 19 heavy (non-hydrogen) atoms. The summed E-state index contributed by atoms with van der Waals surface area (Å²) in [6.07, 6.45) is 0. The number of nitrogens with one attached hydrogen (secondary N) is 1. The van der Waals surface area contributed by atoms with E-state index in [-0.39, 0.29) is 11.7 Å². The Hall–Kier alpha value is -2.00. The van der Waals surface area contributed by atoms with Gasteiger partial charge in [-0.25, -0.2) is 0 Å². The van der Waals surface area contributed by atoms with Crippen molar-refractivity contribution in [2.24, 2.45) is 0 Å². The molecule has 0 spiro atoms. The van der Waals surface area contributed by atoms with Crippen molar-refractivity contribution in [2.75, 3.05) is 0 Å². The lowest BCUT2D eigenvalue weighted by Gasteiger charge is -2.07. The predicted molar refractivity (Wildman–Crippen MR) is 75.5 cm³/mol. The summed E-state index contributed by atoms with van der Waals surface area (Å²) in [5.41, 5.74) is 2.41. The van der Waals surface area contributed by atoms with E-state index >= 15 is 0 Å². The van der Waals surface area contributed by atoms with Crippen LogP contribution < -0.4 is 5.32 Å². The smallest absolute Gasteiger partial charge is 0.251 e. The molecule has 0 aromatic heterocycles. The van der Waals surface area contributed by atoms with Crippen molar-refractivity contribution >= 4 is 17.5 Å². The first-order valence-electron chi connectivity index (χ1n) is 5.88. The maximum Gasteiger partial charge on any atom is 0.251 e. The van der Waals surface area contributed by atoms with Crippen LogP contribution in [-0.2, 0) is 6.54 Å². The number of hydrogen-bond donors (Lipinski definition) is 2. The normalized spacial score (nSPS) is 10.2. The number of aromatic hydroxyl groups is 1. The van der Waals surface area contributed by atoms with Crippen molar-refractivity contribution < 1.29 is 9.90 Å². The first kappa shape index (κ1) is 13.4. The van der Waals surface area contributed by atoms with Crippen molar-refractivity contribution in [1.29, 1.82) is 0 Å². The average Bonchev–Trinajstić information content (AvgIpc) is 2.36. The lowest BCUT2D eigenvalue weighted by Crippen LogP contribution is -2.22. The predicted octanol–water partition coefficient (Wildman–Crippen LogP) is 3.28. The molecule has 1 amide bonds. The molecule has 4 heteroatoms. The highest BCUT2D eigenvalue weighted by molar-refractivity contribution is 6.31. The summed E-state index contributed by atoms with van der Waals surface area (Å²) in [5.74, 6) is 0.0409. The molecule has 0 aliphatic rings. The van der Waals surface area contributed by atoms with Gasteiger partial charge in [0.1, 0.15) is 5.75 Å². The van der Waals surface area contributed by atoms with E-state index in [9.17, 15) is 9.90 Å². The molecule has 2 N–H and O–H groups in total. The molecule has 98 valence electrons. The van der Waals surface area contributed by atoms with Gasteiger partial charge in [0.05, 0.1) is 0 Å². The molecular formula is C15H14ClNO2. The van der Waals surface area contributed by atoms with E-state index in [2.05, 4.69) is 5.32 Å². The van der Waals surface area contributed by atoms with Gasteiger partial charge in [-0.1, -0.05) is 23.7 Å². The summed E-state index contributed by atoms with van der Waals surface area (Å²) < 4.78 is 0. The standard InChI is InChI=1S/C15H14ClNO2/c1-10-6-12(8-13(16)7-10)15(19)17-9-11-2-4-14(18)5-3-11/h2-8,18H,9H2,1H3,(H,17,19). The number of hydrogen-bond acceptors (Lipinski definition) is 2. The molecular weight excluding hydrogens is 262 g/mol. The highest BCUT2D eigenvalue weighted by atomic mass is 35.5. The van der Waals surface area contributed by atoms with Crippen LogP contribution in [0.5, 0.6) is 5.75 Å². The van der Waals surface area contributed by atoms with E-state index in [1.165, 1.54) is 0 Å². The number of phenols is 1. The Kier molecular flexibility index (Phi) is 4.07. The quantitative estimate of drug-likeness (QED) is 0.903. The van der Waals surface area contributed by atoms with Gasteiger partial charge in [-0.05, 0) is 48.4 Å². The summed E-state index contributed by atoms with van der Waals surface area (Å²) in [4.78, 5) is 12.0. The third-order valence-corrected chi connectivity index (χ3v) is 2.91. The van der Waals surface area contributed by atoms with Crippen LogP contribution in [0.4, 0.5) is 0 Å². The molecule has 0 radical (unpaired) electrons. The minimum Gasteiger partial charge on any atom is -0.508 e. The largest absolute Gasteiger partial charge is 0.508 e. The average molecular weight is 276 g/mol. The molecule has 2 rings (SSSR count). The van der Waals surface area contributed by atoms with Crippen molar-refractivity contribution in [2.45, 2.75) is 13.5 Å². The van der Waals surface area contributed by atoms with E-state index in [1.807, 2.05) is 6.92 Å². The van der Waals surface area contributed by atoms with Gasteiger partial charge in [-0.2, -0.15) is 0 Å². The molecule has 0 fully saturated rings. The molecule has 0 heterocycles. The van der Waals surface area contributed by atoms with Crippen molar-refractivity contribution in [3.8, 4) is 5.75 Å². The van der Waals surface area contributed by atoms with Gasteiger partial charge in [0.2, 0.25) is 0 Å². The van der Waals surface area contributed by atoms with Gasteiger partial charge in [0.25, 0.3) is 5.91 Å². The third kappa shape index (κ3) is 3.73. The van der Waals surface area contributed by atoms with Gasteiger partial charge in [0.15, 0.2) is 0 Å². The molecule has 0 saturated carbocycles. The molecule has 0 aliphatic heterocycles. The van der Waals surface area contributed by atoms with Gasteiger partial charge in [-0.15, -0.1) is 0 Å².